The van der Waals surface area contributed by atoms with Crippen molar-refractivity contribution in [3.63, 3.8) is 0 Å². The molecule has 0 spiro atoms. The van der Waals surface area contributed by atoms with Crippen LogP contribution in [0.3, 0.4) is 0 Å². The maximum atomic E-state index is 10.5. The van der Waals surface area contributed by atoms with Crippen LogP contribution in [0.1, 0.15) is 33.6 Å². The van der Waals surface area contributed by atoms with Crippen LogP contribution < -0.4 is 0 Å². The fourth-order valence-electron chi connectivity index (χ4n) is 5.72. The van der Waals surface area contributed by atoms with Crippen molar-refractivity contribution in [3.8, 4) is 0 Å². The molecule has 172 valence electrons. The highest BCUT2D eigenvalue weighted by atomic mass is 16.6. The van der Waals surface area contributed by atoms with Crippen molar-refractivity contribution < 1.29 is 19.4 Å². The number of aliphatic hydroxyl groups excluding tert-OH is 1. The first-order valence-electron chi connectivity index (χ1n) is 11.6. The van der Waals surface area contributed by atoms with Crippen LogP contribution >= 0.6 is 0 Å². The first-order valence-corrected chi connectivity index (χ1v) is 11.6. The van der Waals surface area contributed by atoms with Crippen LogP contribution in [0, 0.1) is 5.92 Å². The molecule has 1 saturated carbocycles. The molecule has 1 aliphatic carbocycles. The predicted octanol–water partition coefficient (Wildman–Crippen LogP) is 0.646. The standard InChI is InChI=1S/C22H40N4O4/c1-21(2)18-5-6-22(3,30-21)20(19(18)26-11-13-28-14-12-26)23-29-16-17(27)15-25-9-7-24(4)8-10-25/h17-19,27H,5-16H2,1-4H3/b23-20-/t17?,18-,19+,22+/m1/s1. The Kier molecular flexibility index (Phi) is 6.73. The van der Waals surface area contributed by atoms with Crippen molar-refractivity contribution in [1.82, 2.24) is 14.7 Å². The summed E-state index contributed by atoms with van der Waals surface area (Å²) >= 11 is 0. The zero-order valence-electron chi connectivity index (χ0n) is 19.2. The molecule has 30 heavy (non-hydrogen) atoms. The molecule has 4 saturated heterocycles. The molecule has 0 aromatic heterocycles. The largest absolute Gasteiger partial charge is 0.393 e. The second-order valence-electron chi connectivity index (χ2n) is 10.2. The zero-order chi connectivity index (χ0) is 21.4. The summed E-state index contributed by atoms with van der Waals surface area (Å²) in [5, 5.41) is 15.1. The van der Waals surface area contributed by atoms with Gasteiger partial charge in [-0.15, -0.1) is 0 Å². The fraction of sp³-hybridized carbons (Fsp3) is 0.955. The number of rotatable bonds is 6. The molecule has 5 fully saturated rings. The summed E-state index contributed by atoms with van der Waals surface area (Å²) in [6, 6.07) is 0.214. The van der Waals surface area contributed by atoms with E-state index in [-0.39, 0.29) is 18.2 Å². The Bertz CT molecular complexity index is 616. The van der Waals surface area contributed by atoms with Crippen molar-refractivity contribution in [2.45, 2.75) is 57.0 Å². The normalized spacial score (nSPS) is 38.1. The monoisotopic (exact) mass is 424 g/mol. The minimum Gasteiger partial charge on any atom is -0.393 e. The van der Waals surface area contributed by atoms with Gasteiger partial charge in [0.15, 0.2) is 0 Å². The van der Waals surface area contributed by atoms with Gasteiger partial charge in [0.25, 0.3) is 0 Å². The summed E-state index contributed by atoms with van der Waals surface area (Å²) in [6.45, 7) is 14.8. The van der Waals surface area contributed by atoms with Gasteiger partial charge < -0.3 is 24.3 Å². The highest BCUT2D eigenvalue weighted by molar-refractivity contribution is 5.98. The summed E-state index contributed by atoms with van der Waals surface area (Å²) in [5.41, 5.74) is 0.395. The van der Waals surface area contributed by atoms with E-state index in [0.29, 0.717) is 12.5 Å². The van der Waals surface area contributed by atoms with Crippen LogP contribution in [0.4, 0.5) is 0 Å². The molecule has 1 N–H and O–H groups in total. The van der Waals surface area contributed by atoms with Crippen LogP contribution in [0.2, 0.25) is 0 Å². The molecule has 1 unspecified atom stereocenters. The average molecular weight is 425 g/mol. The number of likely N-dealkylation sites (N-methyl/N-ethyl adjacent to an activating group) is 1. The predicted molar refractivity (Wildman–Crippen MR) is 116 cm³/mol. The Labute approximate surface area is 181 Å². The van der Waals surface area contributed by atoms with E-state index in [9.17, 15) is 5.11 Å². The van der Waals surface area contributed by atoms with E-state index in [4.69, 9.17) is 14.3 Å². The molecule has 0 radical (unpaired) electrons. The van der Waals surface area contributed by atoms with E-state index in [2.05, 4.69) is 47.7 Å². The van der Waals surface area contributed by atoms with Gasteiger partial charge in [0.1, 0.15) is 24.0 Å². The average Bonchev–Trinajstić information content (AvgIpc) is 2.70. The van der Waals surface area contributed by atoms with Gasteiger partial charge in [-0.1, -0.05) is 5.16 Å². The van der Waals surface area contributed by atoms with Gasteiger partial charge in [0, 0.05) is 51.7 Å². The van der Waals surface area contributed by atoms with Gasteiger partial charge in [0.2, 0.25) is 0 Å². The third-order valence-corrected chi connectivity index (χ3v) is 7.45. The minimum atomic E-state index is -0.537. The fourth-order valence-corrected chi connectivity index (χ4v) is 5.72. The van der Waals surface area contributed by atoms with Crippen LogP contribution in [0.5, 0.6) is 0 Å². The third-order valence-electron chi connectivity index (χ3n) is 7.45. The Morgan fingerprint density at radius 2 is 1.83 bits per heavy atom. The number of hydrogen-bond donors (Lipinski definition) is 1. The summed E-state index contributed by atoms with van der Waals surface area (Å²) < 4.78 is 12.1. The lowest BCUT2D eigenvalue weighted by atomic mass is 9.64. The second-order valence-corrected chi connectivity index (χ2v) is 10.2. The molecular weight excluding hydrogens is 384 g/mol. The van der Waals surface area contributed by atoms with Gasteiger partial charge in [-0.2, -0.15) is 0 Å². The summed E-state index contributed by atoms with van der Waals surface area (Å²) in [5.74, 6) is 0.384. The van der Waals surface area contributed by atoms with Crippen LogP contribution in [0.15, 0.2) is 5.16 Å². The van der Waals surface area contributed by atoms with Gasteiger partial charge in [0.05, 0.1) is 24.9 Å². The number of piperazine rings is 1. The van der Waals surface area contributed by atoms with Crippen molar-refractivity contribution in [2.24, 2.45) is 11.1 Å². The Balaban J connectivity index is 1.41. The number of hydrogen-bond acceptors (Lipinski definition) is 8. The van der Waals surface area contributed by atoms with Crippen molar-refractivity contribution >= 4 is 5.71 Å². The molecule has 4 heterocycles. The number of morpholine rings is 1. The molecule has 0 aromatic rings. The molecule has 5 aliphatic rings. The number of fused-ring (bicyclic) bond motifs is 3. The first-order chi connectivity index (χ1) is 14.3. The topological polar surface area (TPSA) is 70.0 Å². The molecule has 0 amide bonds. The number of β-amino-alcohol motifs (C(OH)–C–C–N with tert-alkyl or cyclic N) is 1. The van der Waals surface area contributed by atoms with E-state index in [1.165, 1.54) is 0 Å². The lowest BCUT2D eigenvalue weighted by molar-refractivity contribution is -0.199. The zero-order valence-corrected chi connectivity index (χ0v) is 19.2. The molecule has 8 heteroatoms. The smallest absolute Gasteiger partial charge is 0.144 e. The Hall–Kier alpha value is -0.770. The molecular formula is C22H40N4O4. The van der Waals surface area contributed by atoms with Crippen molar-refractivity contribution in [1.29, 1.82) is 0 Å². The molecule has 4 aliphatic heterocycles. The third kappa shape index (κ3) is 4.69. The van der Waals surface area contributed by atoms with Crippen LogP contribution in [-0.4, -0.2) is 122 Å². The van der Waals surface area contributed by atoms with Crippen molar-refractivity contribution in [3.05, 3.63) is 0 Å². The van der Waals surface area contributed by atoms with Crippen LogP contribution in [-0.2, 0) is 14.3 Å². The molecule has 0 aromatic carbocycles. The molecule has 4 atom stereocenters. The summed E-state index contributed by atoms with van der Waals surface area (Å²) in [7, 11) is 2.14. The summed E-state index contributed by atoms with van der Waals surface area (Å²) in [6.07, 6.45) is 1.57. The van der Waals surface area contributed by atoms with Crippen LogP contribution in [0.25, 0.3) is 0 Å². The lowest BCUT2D eigenvalue weighted by Crippen LogP contribution is -2.71. The second kappa shape index (κ2) is 9.00. The minimum absolute atomic E-state index is 0.185. The SMILES string of the molecule is CN1CCN(CC(O)CO/N=C2/[C@@H](N3CCOCC3)[C@H]3CC[C@]2(C)OC3(C)C)CC1. The molecule has 8 nitrogen and oxygen atoms in total. The molecule has 5 rings (SSSR count). The highest BCUT2D eigenvalue weighted by Crippen LogP contribution is 2.50. The first kappa shape index (κ1) is 22.4. The Morgan fingerprint density at radius 1 is 1.13 bits per heavy atom. The van der Waals surface area contributed by atoms with Gasteiger partial charge in [-0.05, 0) is 40.7 Å². The van der Waals surface area contributed by atoms with E-state index in [0.717, 1.165) is 71.0 Å². The number of aliphatic hydroxyl groups is 1. The van der Waals surface area contributed by atoms with E-state index in [1.807, 2.05) is 0 Å². The highest BCUT2D eigenvalue weighted by Gasteiger charge is 2.59. The van der Waals surface area contributed by atoms with Crippen molar-refractivity contribution in [2.75, 3.05) is 72.7 Å². The summed E-state index contributed by atoms with van der Waals surface area (Å²) in [4.78, 5) is 12.9. The van der Waals surface area contributed by atoms with Gasteiger partial charge in [-0.25, -0.2) is 0 Å². The van der Waals surface area contributed by atoms with E-state index in [1.54, 1.807) is 0 Å². The number of oxime groups is 1. The maximum absolute atomic E-state index is 10.5. The van der Waals surface area contributed by atoms with E-state index >= 15 is 0 Å². The lowest BCUT2D eigenvalue weighted by Gasteiger charge is -2.59. The van der Waals surface area contributed by atoms with Gasteiger partial charge >= 0.3 is 0 Å². The quantitative estimate of drug-likeness (QED) is 0.628. The number of nitrogens with zero attached hydrogens (tertiary/aromatic N) is 4. The maximum Gasteiger partial charge on any atom is 0.144 e. The number of ether oxygens (including phenoxy) is 2. The van der Waals surface area contributed by atoms with E-state index < -0.39 is 11.7 Å². The Morgan fingerprint density at radius 3 is 2.50 bits per heavy atom. The van der Waals surface area contributed by atoms with Gasteiger partial charge in [-0.3, -0.25) is 9.80 Å². The molecule has 2 bridgehead atoms.